The Labute approximate surface area is 179 Å². The summed E-state index contributed by atoms with van der Waals surface area (Å²) in [5, 5.41) is 15.7. The number of amides is 2. The molecule has 5 nitrogen and oxygen atoms in total. The molecule has 7 heteroatoms. The third-order valence-electron chi connectivity index (χ3n) is 4.92. The van der Waals surface area contributed by atoms with E-state index in [1.165, 1.54) is 12.1 Å². The van der Waals surface area contributed by atoms with Crippen molar-refractivity contribution in [3.05, 3.63) is 75.1 Å². The molecule has 0 radical (unpaired) electrons. The van der Waals surface area contributed by atoms with E-state index in [4.69, 9.17) is 0 Å². The second kappa shape index (κ2) is 9.14. The minimum atomic E-state index is -0.462. The Kier molecular flexibility index (Phi) is 6.58. The van der Waals surface area contributed by atoms with Gasteiger partial charge in [-0.3, -0.25) is 9.59 Å². The summed E-state index contributed by atoms with van der Waals surface area (Å²) < 4.78 is 13.2. The Morgan fingerprint density at radius 1 is 1.23 bits per heavy atom. The van der Waals surface area contributed by atoms with Gasteiger partial charge in [-0.15, -0.1) is 0 Å². The van der Waals surface area contributed by atoms with Crippen molar-refractivity contribution in [3.63, 3.8) is 0 Å². The summed E-state index contributed by atoms with van der Waals surface area (Å²) in [5.74, 6) is -1.26. The van der Waals surface area contributed by atoms with Gasteiger partial charge in [0, 0.05) is 18.0 Å². The number of halogens is 1. The first-order valence-corrected chi connectivity index (χ1v) is 10.5. The quantitative estimate of drug-likeness (QED) is 0.744. The molecular formula is C23H22FN3O2S. The third-order valence-corrected chi connectivity index (χ3v) is 5.93. The molecule has 0 fully saturated rings. The fourth-order valence-corrected chi connectivity index (χ4v) is 4.48. The number of benzene rings is 2. The molecule has 0 saturated heterocycles. The number of carbonyl (C=O) groups excluding carboxylic acids is 2. The van der Waals surface area contributed by atoms with E-state index in [0.717, 1.165) is 34.1 Å². The Morgan fingerprint density at radius 2 is 1.87 bits per heavy atom. The third kappa shape index (κ3) is 4.89. The highest BCUT2D eigenvalue weighted by Gasteiger charge is 2.30. The van der Waals surface area contributed by atoms with Crippen molar-refractivity contribution in [2.24, 2.45) is 0 Å². The first-order chi connectivity index (χ1) is 14.3. The van der Waals surface area contributed by atoms with Crippen molar-refractivity contribution >= 4 is 29.3 Å². The van der Waals surface area contributed by atoms with Gasteiger partial charge in [0.1, 0.15) is 5.82 Å². The first kappa shape index (κ1) is 21.6. The Morgan fingerprint density at radius 3 is 2.47 bits per heavy atom. The highest BCUT2D eigenvalue weighted by molar-refractivity contribution is 8.03. The molecule has 0 spiro atoms. The largest absolute Gasteiger partial charge is 0.325 e. The van der Waals surface area contributed by atoms with Crippen LogP contribution in [0.3, 0.4) is 0 Å². The van der Waals surface area contributed by atoms with Crippen LogP contribution in [0, 0.1) is 37.9 Å². The number of carbonyl (C=O) groups is 2. The summed E-state index contributed by atoms with van der Waals surface area (Å²) in [6, 6.07) is 11.9. The highest BCUT2D eigenvalue weighted by atomic mass is 32.2. The number of allylic oxidation sites excluding steroid dienone is 1. The highest BCUT2D eigenvalue weighted by Crippen LogP contribution is 2.36. The van der Waals surface area contributed by atoms with Crippen molar-refractivity contribution in [3.8, 4) is 6.07 Å². The van der Waals surface area contributed by atoms with Crippen molar-refractivity contribution < 1.29 is 14.0 Å². The van der Waals surface area contributed by atoms with Crippen molar-refractivity contribution in [2.75, 3.05) is 11.1 Å². The molecule has 1 atom stereocenters. The van der Waals surface area contributed by atoms with Crippen LogP contribution in [0.5, 0.6) is 0 Å². The molecule has 30 heavy (non-hydrogen) atoms. The van der Waals surface area contributed by atoms with Crippen LogP contribution in [0.15, 0.2) is 47.0 Å². The number of rotatable bonds is 5. The molecule has 0 aliphatic carbocycles. The minimum Gasteiger partial charge on any atom is -0.325 e. The number of hydrogen-bond acceptors (Lipinski definition) is 4. The van der Waals surface area contributed by atoms with E-state index in [0.29, 0.717) is 16.2 Å². The standard InChI is InChI=1S/C23H22FN3O2S/c1-13-8-14(2)22(15(3)9-13)26-21(29)12-30-23-19(11-25)18(10-20(28)27-23)16-4-6-17(24)7-5-16/h4-9,18H,10,12H2,1-3H3,(H,26,29)(H,27,28)/t18-/m1/s1. The average molecular weight is 424 g/mol. The van der Waals surface area contributed by atoms with Gasteiger partial charge < -0.3 is 10.6 Å². The van der Waals surface area contributed by atoms with Crippen LogP contribution in [0.4, 0.5) is 10.1 Å². The van der Waals surface area contributed by atoms with E-state index >= 15 is 0 Å². The zero-order chi connectivity index (χ0) is 21.8. The van der Waals surface area contributed by atoms with Crippen LogP contribution in [-0.2, 0) is 9.59 Å². The predicted molar refractivity (Wildman–Crippen MR) is 116 cm³/mol. The number of nitriles is 1. The summed E-state index contributed by atoms with van der Waals surface area (Å²) >= 11 is 1.12. The van der Waals surface area contributed by atoms with Gasteiger partial charge in [0.25, 0.3) is 0 Å². The molecule has 0 unspecified atom stereocenters. The summed E-state index contributed by atoms with van der Waals surface area (Å²) in [5.41, 5.74) is 4.92. The maximum absolute atomic E-state index is 13.2. The maximum Gasteiger partial charge on any atom is 0.234 e. The zero-order valence-electron chi connectivity index (χ0n) is 17.0. The van der Waals surface area contributed by atoms with E-state index in [1.807, 2.05) is 32.9 Å². The van der Waals surface area contributed by atoms with E-state index in [2.05, 4.69) is 16.7 Å². The molecule has 3 rings (SSSR count). The number of hydrogen-bond donors (Lipinski definition) is 2. The normalized spacial score (nSPS) is 16.1. The molecule has 2 N–H and O–H groups in total. The van der Waals surface area contributed by atoms with Crippen LogP contribution >= 0.6 is 11.8 Å². The average Bonchev–Trinajstić information content (AvgIpc) is 2.69. The molecule has 1 aliphatic rings. The topological polar surface area (TPSA) is 82.0 Å². The molecule has 0 saturated carbocycles. The lowest BCUT2D eigenvalue weighted by atomic mass is 9.87. The minimum absolute atomic E-state index is 0.0453. The lowest BCUT2D eigenvalue weighted by Gasteiger charge is -2.25. The van der Waals surface area contributed by atoms with Crippen molar-refractivity contribution in [1.82, 2.24) is 5.32 Å². The van der Waals surface area contributed by atoms with Gasteiger partial charge in [0.15, 0.2) is 0 Å². The number of thioether (sulfide) groups is 1. The molecule has 0 bridgehead atoms. The molecule has 2 aromatic carbocycles. The van der Waals surface area contributed by atoms with Gasteiger partial charge in [-0.25, -0.2) is 4.39 Å². The monoisotopic (exact) mass is 423 g/mol. The fraction of sp³-hybridized carbons (Fsp3) is 0.261. The second-order valence-electron chi connectivity index (χ2n) is 7.32. The first-order valence-electron chi connectivity index (χ1n) is 9.48. The predicted octanol–water partition coefficient (Wildman–Crippen LogP) is 4.46. The molecule has 2 aromatic rings. The fourth-order valence-electron chi connectivity index (χ4n) is 3.60. The Balaban J connectivity index is 1.77. The van der Waals surface area contributed by atoms with Crippen LogP contribution in [-0.4, -0.2) is 17.6 Å². The Hall–Kier alpha value is -3.11. The second-order valence-corrected chi connectivity index (χ2v) is 8.31. The number of nitrogens with zero attached hydrogens (tertiary/aromatic N) is 1. The Bertz CT molecular complexity index is 1050. The molecule has 1 heterocycles. The van der Waals surface area contributed by atoms with Gasteiger partial charge in [0.05, 0.1) is 22.4 Å². The van der Waals surface area contributed by atoms with Crippen LogP contribution in [0.1, 0.15) is 34.6 Å². The van der Waals surface area contributed by atoms with E-state index in [9.17, 15) is 19.2 Å². The van der Waals surface area contributed by atoms with Gasteiger partial charge >= 0.3 is 0 Å². The number of anilines is 1. The number of aryl methyl sites for hydroxylation is 3. The van der Waals surface area contributed by atoms with Gasteiger partial charge in [-0.1, -0.05) is 41.6 Å². The van der Waals surface area contributed by atoms with Crippen LogP contribution < -0.4 is 10.6 Å². The van der Waals surface area contributed by atoms with Crippen molar-refractivity contribution in [2.45, 2.75) is 33.1 Å². The molecular weight excluding hydrogens is 401 g/mol. The van der Waals surface area contributed by atoms with E-state index in [1.54, 1.807) is 12.1 Å². The summed E-state index contributed by atoms with van der Waals surface area (Å²) in [7, 11) is 0. The van der Waals surface area contributed by atoms with Crippen molar-refractivity contribution in [1.29, 1.82) is 5.26 Å². The summed E-state index contributed by atoms with van der Waals surface area (Å²) in [4.78, 5) is 24.7. The van der Waals surface area contributed by atoms with Gasteiger partial charge in [0.2, 0.25) is 11.8 Å². The molecule has 2 amide bonds. The number of nitrogens with one attached hydrogen (secondary N) is 2. The van der Waals surface area contributed by atoms with E-state index in [-0.39, 0.29) is 29.8 Å². The smallest absolute Gasteiger partial charge is 0.234 e. The summed E-state index contributed by atoms with van der Waals surface area (Å²) in [6.45, 7) is 5.88. The lowest BCUT2D eigenvalue weighted by molar-refractivity contribution is -0.121. The zero-order valence-corrected chi connectivity index (χ0v) is 17.8. The van der Waals surface area contributed by atoms with Gasteiger partial charge in [-0.05, 0) is 49.6 Å². The van der Waals surface area contributed by atoms with Crippen LogP contribution in [0.25, 0.3) is 0 Å². The SMILES string of the molecule is Cc1cc(C)c(NC(=O)CSC2=C(C#N)[C@@H](c3ccc(F)cc3)CC(=O)N2)c(C)c1. The van der Waals surface area contributed by atoms with Gasteiger partial charge in [-0.2, -0.15) is 5.26 Å². The van der Waals surface area contributed by atoms with Crippen LogP contribution in [0.2, 0.25) is 0 Å². The molecule has 1 aliphatic heterocycles. The van der Waals surface area contributed by atoms with E-state index < -0.39 is 5.92 Å². The lowest BCUT2D eigenvalue weighted by Crippen LogP contribution is -2.31. The molecule has 0 aromatic heterocycles. The summed E-state index contributed by atoms with van der Waals surface area (Å²) in [6.07, 6.45) is 0.104. The maximum atomic E-state index is 13.2. The molecule has 154 valence electrons.